The molecule has 4 atom stereocenters. The number of amides is 8. The van der Waals surface area contributed by atoms with Crippen molar-refractivity contribution in [3.05, 3.63) is 259 Å². The second kappa shape index (κ2) is 45.2. The lowest BCUT2D eigenvalue weighted by atomic mass is 9.79. The second-order valence-electron chi connectivity index (χ2n) is 36.0. The van der Waals surface area contributed by atoms with Gasteiger partial charge in [0.25, 0.3) is 23.6 Å². The second-order valence-corrected chi connectivity index (χ2v) is 36.0. The third kappa shape index (κ3) is 30.5. The fraction of sp³-hybridized carbons (Fsp3) is 0.400. The van der Waals surface area contributed by atoms with Crippen LogP contribution >= 0.6 is 0 Å². The van der Waals surface area contributed by atoms with Crippen LogP contribution < -0.4 is 61.5 Å². The number of ether oxygens (including phenoxy) is 8. The summed E-state index contributed by atoms with van der Waals surface area (Å²) in [4.78, 5) is 165. The highest BCUT2D eigenvalue weighted by Gasteiger charge is 2.33. The largest absolute Gasteiger partial charge is 0.483 e. The molecule has 0 radical (unpaired) electrons. The highest BCUT2D eigenvalue weighted by molar-refractivity contribution is 5.93. The predicted octanol–water partition coefficient (Wildman–Crippen LogP) is 10.5. The van der Waals surface area contributed by atoms with E-state index in [0.717, 1.165) is 44.5 Å². The number of benzene rings is 8. The van der Waals surface area contributed by atoms with Gasteiger partial charge in [-0.15, -0.1) is 0 Å². The van der Waals surface area contributed by atoms with Crippen LogP contribution in [0, 0.1) is 0 Å². The van der Waals surface area contributed by atoms with Gasteiger partial charge in [0.1, 0.15) is 99.8 Å². The van der Waals surface area contributed by atoms with Crippen LogP contribution in [0.5, 0.6) is 23.0 Å². The Morgan fingerprint density at radius 1 is 0.266 bits per heavy atom. The molecule has 1 aliphatic rings. The summed E-state index contributed by atoms with van der Waals surface area (Å²) in [5.74, 6) is -7.65. The number of nitrogens with one attached hydrogen (secondary N) is 8. The fourth-order valence-corrected chi connectivity index (χ4v) is 13.7. The number of fused-ring (bicyclic) bond motifs is 8. The summed E-state index contributed by atoms with van der Waals surface area (Å²) >= 11 is 0. The topological polar surface area (TPSA) is 375 Å². The molecule has 8 aromatic rings. The average Bonchev–Trinajstić information content (AvgIpc) is 0.758. The Morgan fingerprint density at radius 2 is 0.430 bits per heavy atom. The lowest BCUT2D eigenvalue weighted by Crippen LogP contribution is -2.47. The summed E-state index contributed by atoms with van der Waals surface area (Å²) in [6.45, 7) is 25.5. The molecule has 680 valence electrons. The van der Waals surface area contributed by atoms with E-state index in [9.17, 15) is 57.5 Å². The number of hydrogen-bond acceptors (Lipinski definition) is 20. The predicted molar refractivity (Wildman–Crippen MR) is 481 cm³/mol. The van der Waals surface area contributed by atoms with E-state index in [1.54, 1.807) is 97.1 Å². The van der Waals surface area contributed by atoms with Crippen molar-refractivity contribution in [3.8, 4) is 23.0 Å². The van der Waals surface area contributed by atoms with Crippen molar-refractivity contribution >= 4 is 71.1 Å². The van der Waals surface area contributed by atoms with Crippen molar-refractivity contribution in [2.75, 3.05) is 52.6 Å². The van der Waals surface area contributed by atoms with Gasteiger partial charge in [-0.1, -0.05) is 253 Å². The van der Waals surface area contributed by atoms with Crippen molar-refractivity contribution in [3.63, 3.8) is 0 Å². The molecule has 0 aromatic heterocycles. The SMILES string of the molecule is C[C@H](NC(=O)COc1c2cc(C(C)(C)C)cc1Cc1cc(C(C)(C)C)cc(c1OCC(=O)N[C@@H](C)C(=O)NCC(=O)OCc1ccccc1)Cc1cc(C(C)(C)C)cc(c1OCC(=O)N[C@@H](C)C(=O)NCC(=O)OCc1ccccc1)Cc1cc(C(C)(C)C)cc(c1OCC(=O)N[C@@H](C)C(=O)NCC(=O)OCc1ccccc1)C2)C(=O)NCC(=O)OCc1ccccc1. The standard InChI is InChI=1S/C100H120N8O20/c1-61(93(117)101-49-85(113)121-53-65-29-21-17-22-30-65)105-81(109)57-125-89-69-37-71-43-78(98(8,9)10)45-73(90(71)126-58-82(110)106-62(2)94(118)102-50-86(114)122-54-66-31-23-18-24-32-66)39-75-47-80(100(14,15)16)48-76(92(75)128-60-84(112)108-64(4)96(120)104-52-88(116)124-56-68-35-27-20-28-36-68)40-74-46-79(99(11,12)13)44-72(38-70(89)42-77(41-69)97(5,6)7)91(74)127-59-83(111)107-63(3)95(119)103-51-87(115)123-55-67-33-25-19-26-34-67/h17-36,41-48,61-64H,37-40,49-60H2,1-16H3,(H,101,117)(H,102,118)(H,103,119)(H,104,120)(H,105,109)(H,106,110)(H,107,111)(H,108,112)/t61-,62-,63-,64-/m0/s1. The van der Waals surface area contributed by atoms with Crippen LogP contribution in [0.3, 0.4) is 0 Å². The lowest BCUT2D eigenvalue weighted by Gasteiger charge is -2.29. The molecule has 0 fully saturated rings. The summed E-state index contributed by atoms with van der Waals surface area (Å²) in [6.07, 6.45) is -0.187. The highest BCUT2D eigenvalue weighted by Crippen LogP contribution is 2.45. The molecular formula is C100H120N8O20. The molecule has 0 saturated carbocycles. The van der Waals surface area contributed by atoms with Gasteiger partial charge in [0.15, 0.2) is 26.4 Å². The summed E-state index contributed by atoms with van der Waals surface area (Å²) in [7, 11) is 0. The maximum absolute atomic E-state index is 14.6. The first-order valence-electron chi connectivity index (χ1n) is 42.8. The molecule has 0 saturated heterocycles. The molecule has 8 N–H and O–H groups in total. The highest BCUT2D eigenvalue weighted by atomic mass is 16.5. The van der Waals surface area contributed by atoms with Gasteiger partial charge in [0.2, 0.25) is 23.6 Å². The van der Waals surface area contributed by atoms with Gasteiger partial charge < -0.3 is 80.4 Å². The summed E-state index contributed by atoms with van der Waals surface area (Å²) in [6, 6.07) is 47.0. The monoisotopic (exact) mass is 1750 g/mol. The molecule has 9 rings (SSSR count). The summed E-state index contributed by atoms with van der Waals surface area (Å²) in [5.41, 5.74) is 7.76. The molecule has 28 heteroatoms. The van der Waals surface area contributed by atoms with E-state index < -0.39 is 170 Å². The molecule has 128 heavy (non-hydrogen) atoms. The Morgan fingerprint density at radius 3 is 0.586 bits per heavy atom. The number of carbonyl (C=O) groups excluding carboxylic acids is 12. The van der Waals surface area contributed by atoms with E-state index in [-0.39, 0.29) is 75.1 Å². The Bertz CT molecular complexity index is 4540. The van der Waals surface area contributed by atoms with Crippen LogP contribution in [0.15, 0.2) is 170 Å². The minimum atomic E-state index is -1.20. The fourth-order valence-electron chi connectivity index (χ4n) is 13.7. The number of hydrogen-bond donors (Lipinski definition) is 8. The van der Waals surface area contributed by atoms with Crippen molar-refractivity contribution < 1.29 is 95.4 Å². The van der Waals surface area contributed by atoms with Gasteiger partial charge >= 0.3 is 23.9 Å². The first kappa shape index (κ1) is 98.4. The molecule has 0 heterocycles. The molecule has 0 spiro atoms. The summed E-state index contributed by atoms with van der Waals surface area (Å²) in [5, 5.41) is 21.1. The van der Waals surface area contributed by atoms with E-state index in [2.05, 4.69) is 42.5 Å². The molecule has 1 aliphatic carbocycles. The van der Waals surface area contributed by atoms with E-state index >= 15 is 0 Å². The first-order valence-corrected chi connectivity index (χ1v) is 42.8. The van der Waals surface area contributed by atoms with Crippen LogP contribution in [0.1, 0.15) is 200 Å². The van der Waals surface area contributed by atoms with Gasteiger partial charge in [0, 0.05) is 25.7 Å². The maximum Gasteiger partial charge on any atom is 0.325 e. The smallest absolute Gasteiger partial charge is 0.325 e. The zero-order chi connectivity index (χ0) is 93.2. The molecule has 8 bridgehead atoms. The maximum atomic E-state index is 14.6. The van der Waals surface area contributed by atoms with E-state index in [1.165, 1.54) is 27.7 Å². The van der Waals surface area contributed by atoms with E-state index in [4.69, 9.17) is 37.9 Å². The third-order valence-corrected chi connectivity index (χ3v) is 21.0. The van der Waals surface area contributed by atoms with Gasteiger partial charge in [-0.2, -0.15) is 0 Å². The molecular weight excluding hydrogens is 1630 g/mol. The van der Waals surface area contributed by atoms with Crippen LogP contribution in [0.25, 0.3) is 0 Å². The first-order chi connectivity index (χ1) is 60.5. The Labute approximate surface area is 748 Å². The van der Waals surface area contributed by atoms with Gasteiger partial charge in [-0.25, -0.2) is 0 Å². The van der Waals surface area contributed by atoms with Crippen molar-refractivity contribution in [1.82, 2.24) is 42.5 Å². The van der Waals surface area contributed by atoms with E-state index in [0.29, 0.717) is 44.5 Å². The Kier molecular flexibility index (Phi) is 34.7. The van der Waals surface area contributed by atoms with E-state index in [1.807, 2.05) is 156 Å². The van der Waals surface area contributed by atoms with Crippen molar-refractivity contribution in [2.24, 2.45) is 0 Å². The average molecular weight is 1750 g/mol. The Balaban J connectivity index is 1.17. The van der Waals surface area contributed by atoms with Crippen molar-refractivity contribution in [1.29, 1.82) is 0 Å². The minimum Gasteiger partial charge on any atom is -0.483 e. The van der Waals surface area contributed by atoms with Crippen molar-refractivity contribution in [2.45, 2.75) is 209 Å². The summed E-state index contributed by atoms with van der Waals surface area (Å²) < 4.78 is 49.4. The van der Waals surface area contributed by atoms with Crippen LogP contribution in [-0.4, -0.2) is 148 Å². The molecule has 0 unspecified atom stereocenters. The van der Waals surface area contributed by atoms with Gasteiger partial charge in [-0.3, -0.25) is 57.5 Å². The number of carbonyl (C=O) groups is 12. The number of rotatable bonds is 36. The van der Waals surface area contributed by atoms with Crippen LogP contribution in [0.4, 0.5) is 0 Å². The van der Waals surface area contributed by atoms with Gasteiger partial charge in [0.05, 0.1) is 0 Å². The molecule has 0 aliphatic heterocycles. The molecule has 8 aromatic carbocycles. The lowest BCUT2D eigenvalue weighted by molar-refractivity contribution is -0.145. The third-order valence-electron chi connectivity index (χ3n) is 21.0. The zero-order valence-electron chi connectivity index (χ0n) is 76.0. The normalized spacial score (nSPS) is 12.9. The Hall–Kier alpha value is -13.4. The quantitative estimate of drug-likeness (QED) is 0.0134. The van der Waals surface area contributed by atoms with Crippen LogP contribution in [0.2, 0.25) is 0 Å². The molecule has 28 nitrogen and oxygen atoms in total. The minimum absolute atomic E-state index is 0.0259. The van der Waals surface area contributed by atoms with Gasteiger partial charge in [-0.05, 0) is 138 Å². The molecule has 8 amide bonds. The zero-order valence-corrected chi connectivity index (χ0v) is 76.0. The number of esters is 4. The van der Waals surface area contributed by atoms with Crippen LogP contribution in [-0.2, 0) is 150 Å².